The highest BCUT2D eigenvalue weighted by Gasteiger charge is 2.15. The molecule has 21 heavy (non-hydrogen) atoms. The third-order valence-electron chi connectivity index (χ3n) is 3.04. The summed E-state index contributed by atoms with van der Waals surface area (Å²) < 4.78 is 0. The number of carboxylic acids is 1. The maximum absolute atomic E-state index is 11.2. The zero-order chi connectivity index (χ0) is 15.6. The lowest BCUT2D eigenvalue weighted by molar-refractivity contribution is 0.0692. The zero-order valence-corrected chi connectivity index (χ0v) is 13.1. The molecule has 110 valence electrons. The van der Waals surface area contributed by atoms with Gasteiger partial charge in [0.1, 0.15) is 5.03 Å². The number of anilines is 1. The molecule has 0 radical (unpaired) electrons. The molecule has 0 saturated heterocycles. The van der Waals surface area contributed by atoms with Crippen LogP contribution in [-0.4, -0.2) is 16.1 Å². The van der Waals surface area contributed by atoms with Gasteiger partial charge < -0.3 is 10.8 Å². The van der Waals surface area contributed by atoms with Gasteiger partial charge in [0.2, 0.25) is 0 Å². The second-order valence-electron chi connectivity index (χ2n) is 5.80. The zero-order valence-electron chi connectivity index (χ0n) is 12.3. The van der Waals surface area contributed by atoms with E-state index in [1.54, 1.807) is 0 Å². The van der Waals surface area contributed by atoms with Gasteiger partial charge in [-0.25, -0.2) is 9.78 Å². The standard InChI is InChI=1S/C16H18N2O2S/c1-16(2,3)10-4-6-12(7-5-10)21-14-13(15(19)20)8-11(17)9-18-14/h4-9H,17H2,1-3H3,(H,19,20). The van der Waals surface area contributed by atoms with Gasteiger partial charge >= 0.3 is 5.97 Å². The Balaban J connectivity index is 2.28. The van der Waals surface area contributed by atoms with Gasteiger partial charge in [-0.15, -0.1) is 0 Å². The monoisotopic (exact) mass is 302 g/mol. The summed E-state index contributed by atoms with van der Waals surface area (Å²) in [5.41, 5.74) is 7.39. The molecule has 0 saturated carbocycles. The molecule has 1 aromatic carbocycles. The Kier molecular flexibility index (Phi) is 4.23. The largest absolute Gasteiger partial charge is 0.478 e. The number of nitrogens with zero attached hydrogens (tertiary/aromatic N) is 1. The number of pyridine rings is 1. The van der Waals surface area contributed by atoms with Crippen molar-refractivity contribution in [1.82, 2.24) is 4.98 Å². The van der Waals surface area contributed by atoms with Crippen LogP contribution in [0.3, 0.4) is 0 Å². The van der Waals surface area contributed by atoms with Crippen LogP contribution in [0.1, 0.15) is 36.7 Å². The number of carboxylic acid groups (broad SMARTS) is 1. The Labute approximate surface area is 128 Å². The van der Waals surface area contributed by atoms with E-state index < -0.39 is 5.97 Å². The van der Waals surface area contributed by atoms with Gasteiger partial charge in [0.25, 0.3) is 0 Å². The van der Waals surface area contributed by atoms with Crippen molar-refractivity contribution in [2.45, 2.75) is 36.1 Å². The number of hydrogen-bond acceptors (Lipinski definition) is 4. The molecule has 1 heterocycles. The van der Waals surface area contributed by atoms with Crippen molar-refractivity contribution in [2.24, 2.45) is 0 Å². The van der Waals surface area contributed by atoms with Crippen LogP contribution in [0.25, 0.3) is 0 Å². The number of carbonyl (C=O) groups is 1. The van der Waals surface area contributed by atoms with Gasteiger partial charge in [0, 0.05) is 4.90 Å². The Morgan fingerprint density at radius 3 is 2.38 bits per heavy atom. The van der Waals surface area contributed by atoms with E-state index in [2.05, 4.69) is 37.9 Å². The average Bonchev–Trinajstić information content (AvgIpc) is 2.40. The van der Waals surface area contributed by atoms with E-state index in [9.17, 15) is 9.90 Å². The maximum atomic E-state index is 11.2. The summed E-state index contributed by atoms with van der Waals surface area (Å²) in [4.78, 5) is 16.3. The molecule has 2 aromatic rings. The van der Waals surface area contributed by atoms with Crippen molar-refractivity contribution >= 4 is 23.4 Å². The molecular formula is C16H18N2O2S. The van der Waals surface area contributed by atoms with Crippen LogP contribution in [-0.2, 0) is 5.41 Å². The van der Waals surface area contributed by atoms with Crippen LogP contribution in [0.15, 0.2) is 46.5 Å². The van der Waals surface area contributed by atoms with E-state index in [0.29, 0.717) is 10.7 Å². The van der Waals surface area contributed by atoms with Crippen molar-refractivity contribution in [2.75, 3.05) is 5.73 Å². The fourth-order valence-corrected chi connectivity index (χ4v) is 2.69. The first-order valence-corrected chi connectivity index (χ1v) is 7.36. The summed E-state index contributed by atoms with van der Waals surface area (Å²) in [6.07, 6.45) is 1.47. The first-order chi connectivity index (χ1) is 9.77. The summed E-state index contributed by atoms with van der Waals surface area (Å²) in [6, 6.07) is 9.51. The molecule has 0 aliphatic carbocycles. The van der Waals surface area contributed by atoms with Crippen molar-refractivity contribution in [3.05, 3.63) is 47.7 Å². The van der Waals surface area contributed by atoms with Gasteiger partial charge in [-0.3, -0.25) is 0 Å². The van der Waals surface area contributed by atoms with Crippen molar-refractivity contribution in [3.63, 3.8) is 0 Å². The summed E-state index contributed by atoms with van der Waals surface area (Å²) >= 11 is 1.32. The molecule has 0 unspecified atom stereocenters. The fourth-order valence-electron chi connectivity index (χ4n) is 1.84. The fraction of sp³-hybridized carbons (Fsp3) is 0.250. The normalized spacial score (nSPS) is 11.4. The molecule has 0 spiro atoms. The van der Waals surface area contributed by atoms with Crippen molar-refractivity contribution in [3.8, 4) is 0 Å². The van der Waals surface area contributed by atoms with E-state index in [1.165, 1.54) is 29.6 Å². The van der Waals surface area contributed by atoms with Crippen LogP contribution in [0, 0.1) is 0 Å². The third-order valence-corrected chi connectivity index (χ3v) is 4.06. The molecule has 1 aromatic heterocycles. The summed E-state index contributed by atoms with van der Waals surface area (Å²) in [5, 5.41) is 9.65. The van der Waals surface area contributed by atoms with Gasteiger partial charge in [-0.2, -0.15) is 0 Å². The van der Waals surface area contributed by atoms with Gasteiger partial charge in [0.15, 0.2) is 0 Å². The lowest BCUT2D eigenvalue weighted by Crippen LogP contribution is -2.10. The van der Waals surface area contributed by atoms with Crippen molar-refractivity contribution in [1.29, 1.82) is 0 Å². The predicted octanol–water partition coefficient (Wildman–Crippen LogP) is 3.81. The second kappa shape index (κ2) is 5.77. The van der Waals surface area contributed by atoms with E-state index in [-0.39, 0.29) is 11.0 Å². The SMILES string of the molecule is CC(C)(C)c1ccc(Sc2ncc(N)cc2C(=O)O)cc1. The first kappa shape index (κ1) is 15.4. The van der Waals surface area contributed by atoms with Gasteiger partial charge in [-0.1, -0.05) is 44.7 Å². The molecule has 2 rings (SSSR count). The Morgan fingerprint density at radius 1 is 1.24 bits per heavy atom. The minimum atomic E-state index is -1.02. The lowest BCUT2D eigenvalue weighted by Gasteiger charge is -2.19. The molecule has 0 fully saturated rings. The molecule has 3 N–H and O–H groups in total. The minimum absolute atomic E-state index is 0.0921. The summed E-state index contributed by atoms with van der Waals surface area (Å²) in [7, 11) is 0. The molecule has 5 heteroatoms. The maximum Gasteiger partial charge on any atom is 0.338 e. The summed E-state index contributed by atoms with van der Waals surface area (Å²) in [6.45, 7) is 6.46. The van der Waals surface area contributed by atoms with E-state index in [0.717, 1.165) is 4.90 Å². The highest BCUT2D eigenvalue weighted by molar-refractivity contribution is 7.99. The number of benzene rings is 1. The number of rotatable bonds is 3. The Morgan fingerprint density at radius 2 is 1.86 bits per heavy atom. The molecule has 0 amide bonds. The molecule has 4 nitrogen and oxygen atoms in total. The quantitative estimate of drug-likeness (QED) is 0.901. The van der Waals surface area contributed by atoms with Crippen LogP contribution in [0.4, 0.5) is 5.69 Å². The number of nitrogen functional groups attached to an aromatic ring is 1. The number of hydrogen-bond donors (Lipinski definition) is 2. The smallest absolute Gasteiger partial charge is 0.338 e. The molecule has 0 atom stereocenters. The lowest BCUT2D eigenvalue weighted by atomic mass is 9.87. The van der Waals surface area contributed by atoms with Gasteiger partial charge in [0.05, 0.1) is 17.4 Å². The topological polar surface area (TPSA) is 76.2 Å². The number of aromatic carboxylic acids is 1. The van der Waals surface area contributed by atoms with Gasteiger partial charge in [-0.05, 0) is 29.2 Å². The highest BCUT2D eigenvalue weighted by atomic mass is 32.2. The van der Waals surface area contributed by atoms with Crippen LogP contribution in [0.2, 0.25) is 0 Å². The predicted molar refractivity (Wildman–Crippen MR) is 84.9 cm³/mol. The van der Waals surface area contributed by atoms with Crippen LogP contribution in [0.5, 0.6) is 0 Å². The number of aromatic nitrogens is 1. The molecule has 0 bridgehead atoms. The van der Waals surface area contributed by atoms with Crippen LogP contribution >= 0.6 is 11.8 Å². The van der Waals surface area contributed by atoms with E-state index >= 15 is 0 Å². The Hall–Kier alpha value is -2.01. The molecule has 0 aliphatic rings. The molecule has 0 aliphatic heterocycles. The van der Waals surface area contributed by atoms with E-state index in [4.69, 9.17) is 5.73 Å². The van der Waals surface area contributed by atoms with E-state index in [1.807, 2.05) is 12.1 Å². The minimum Gasteiger partial charge on any atom is -0.478 e. The third kappa shape index (κ3) is 3.76. The molecular weight excluding hydrogens is 284 g/mol. The highest BCUT2D eigenvalue weighted by Crippen LogP contribution is 2.31. The number of nitrogens with two attached hydrogens (primary N) is 1. The average molecular weight is 302 g/mol. The first-order valence-electron chi connectivity index (χ1n) is 6.54. The van der Waals surface area contributed by atoms with Crippen LogP contribution < -0.4 is 5.73 Å². The Bertz CT molecular complexity index is 661. The summed E-state index contributed by atoms with van der Waals surface area (Å²) in [5.74, 6) is -1.02. The second-order valence-corrected chi connectivity index (χ2v) is 6.87. The van der Waals surface area contributed by atoms with Crippen molar-refractivity contribution < 1.29 is 9.90 Å².